The van der Waals surface area contributed by atoms with E-state index in [-0.39, 0.29) is 6.03 Å². The molecule has 0 radical (unpaired) electrons. The second kappa shape index (κ2) is 5.22. The highest BCUT2D eigenvalue weighted by Crippen LogP contribution is 2.29. The van der Waals surface area contributed by atoms with Crippen LogP contribution in [0.3, 0.4) is 0 Å². The summed E-state index contributed by atoms with van der Waals surface area (Å²) >= 11 is 0. The molecule has 4 nitrogen and oxygen atoms in total. The first-order chi connectivity index (χ1) is 7.81. The van der Waals surface area contributed by atoms with Crippen LogP contribution in [-0.4, -0.2) is 55.2 Å². The van der Waals surface area contributed by atoms with Gasteiger partial charge in [0.05, 0.1) is 19.8 Å². The average Bonchev–Trinajstić information content (AvgIpc) is 3.13. The molecule has 1 saturated carbocycles. The van der Waals surface area contributed by atoms with E-state index in [4.69, 9.17) is 11.2 Å². The van der Waals surface area contributed by atoms with E-state index < -0.39 is 0 Å². The Morgan fingerprint density at radius 3 is 2.69 bits per heavy atom. The van der Waals surface area contributed by atoms with Gasteiger partial charge in [0.15, 0.2) is 0 Å². The van der Waals surface area contributed by atoms with Crippen molar-refractivity contribution in [2.45, 2.75) is 12.8 Å². The Morgan fingerprint density at radius 2 is 2.12 bits per heavy atom. The highest BCUT2D eigenvalue weighted by molar-refractivity contribution is 5.75. The smallest absolute Gasteiger partial charge is 0.320 e. The Hall–Kier alpha value is -1.21. The third-order valence-corrected chi connectivity index (χ3v) is 3.01. The SMILES string of the molecule is C#CCN(CC1CC1)C(=O)N1CCOCC1. The van der Waals surface area contributed by atoms with Crippen molar-refractivity contribution < 1.29 is 9.53 Å². The summed E-state index contributed by atoms with van der Waals surface area (Å²) in [5.74, 6) is 3.25. The van der Waals surface area contributed by atoms with Crippen molar-refractivity contribution in [1.29, 1.82) is 0 Å². The molecule has 2 amide bonds. The maximum atomic E-state index is 12.2. The topological polar surface area (TPSA) is 32.8 Å². The van der Waals surface area contributed by atoms with E-state index in [1.165, 1.54) is 12.8 Å². The van der Waals surface area contributed by atoms with E-state index in [0.717, 1.165) is 6.54 Å². The molecule has 0 bridgehead atoms. The molecule has 0 spiro atoms. The molecule has 1 aliphatic carbocycles. The van der Waals surface area contributed by atoms with Crippen molar-refractivity contribution >= 4 is 6.03 Å². The number of morpholine rings is 1. The monoisotopic (exact) mass is 222 g/mol. The Labute approximate surface area is 96.5 Å². The van der Waals surface area contributed by atoms with E-state index in [1.807, 2.05) is 4.90 Å². The zero-order valence-corrected chi connectivity index (χ0v) is 9.52. The number of nitrogens with zero attached hydrogens (tertiary/aromatic N) is 2. The zero-order valence-electron chi connectivity index (χ0n) is 9.52. The number of carbonyl (C=O) groups excluding carboxylic acids is 1. The molecule has 0 atom stereocenters. The Bertz CT molecular complexity index is 288. The summed E-state index contributed by atoms with van der Waals surface area (Å²) in [5, 5.41) is 0. The average molecular weight is 222 g/mol. The fourth-order valence-electron chi connectivity index (χ4n) is 1.89. The Balaban J connectivity index is 1.89. The summed E-state index contributed by atoms with van der Waals surface area (Å²) in [6.07, 6.45) is 7.77. The maximum absolute atomic E-state index is 12.2. The molecular formula is C12H18N2O2. The number of hydrogen-bond acceptors (Lipinski definition) is 2. The van der Waals surface area contributed by atoms with Crippen molar-refractivity contribution in [1.82, 2.24) is 9.80 Å². The van der Waals surface area contributed by atoms with Gasteiger partial charge in [-0.2, -0.15) is 0 Å². The largest absolute Gasteiger partial charge is 0.378 e. The lowest BCUT2D eigenvalue weighted by atomic mass is 10.3. The van der Waals surface area contributed by atoms with Crippen molar-refractivity contribution in [2.75, 3.05) is 39.4 Å². The summed E-state index contributed by atoms with van der Waals surface area (Å²) in [6, 6.07) is 0.0770. The third-order valence-electron chi connectivity index (χ3n) is 3.01. The van der Waals surface area contributed by atoms with Gasteiger partial charge >= 0.3 is 6.03 Å². The minimum atomic E-state index is 0.0770. The molecular weight excluding hydrogens is 204 g/mol. The number of terminal acetylenes is 1. The van der Waals surface area contributed by atoms with E-state index in [9.17, 15) is 4.79 Å². The number of ether oxygens (including phenoxy) is 1. The van der Waals surface area contributed by atoms with Crippen molar-refractivity contribution in [3.05, 3.63) is 0 Å². The number of urea groups is 1. The molecule has 2 aliphatic rings. The van der Waals surface area contributed by atoms with Crippen molar-refractivity contribution in [2.24, 2.45) is 5.92 Å². The number of carbonyl (C=O) groups is 1. The zero-order chi connectivity index (χ0) is 11.4. The van der Waals surface area contributed by atoms with Gasteiger partial charge in [0, 0.05) is 19.6 Å². The number of amides is 2. The first-order valence-electron chi connectivity index (χ1n) is 5.86. The van der Waals surface area contributed by atoms with Gasteiger partial charge in [-0.25, -0.2) is 4.79 Å². The fraction of sp³-hybridized carbons (Fsp3) is 0.750. The van der Waals surface area contributed by atoms with Gasteiger partial charge < -0.3 is 14.5 Å². The standard InChI is InChI=1S/C12H18N2O2/c1-2-5-14(10-11-3-4-11)12(15)13-6-8-16-9-7-13/h1,11H,3-10H2. The fourth-order valence-corrected chi connectivity index (χ4v) is 1.89. The van der Waals surface area contributed by atoms with Gasteiger partial charge in [-0.3, -0.25) is 0 Å². The summed E-state index contributed by atoms with van der Waals surface area (Å²) in [7, 11) is 0. The van der Waals surface area contributed by atoms with Crippen LogP contribution in [0.15, 0.2) is 0 Å². The molecule has 2 fully saturated rings. The Kier molecular flexibility index (Phi) is 3.68. The highest BCUT2D eigenvalue weighted by atomic mass is 16.5. The van der Waals surface area contributed by atoms with Crippen LogP contribution >= 0.6 is 0 Å². The highest BCUT2D eigenvalue weighted by Gasteiger charge is 2.29. The van der Waals surface area contributed by atoms with E-state index in [0.29, 0.717) is 38.8 Å². The second-order valence-corrected chi connectivity index (χ2v) is 4.41. The van der Waals surface area contributed by atoms with Gasteiger partial charge in [0.2, 0.25) is 0 Å². The first kappa shape index (κ1) is 11.3. The van der Waals surface area contributed by atoms with Gasteiger partial charge in [-0.15, -0.1) is 6.42 Å². The lowest BCUT2D eigenvalue weighted by Crippen LogP contribution is -2.48. The molecule has 4 heteroatoms. The Morgan fingerprint density at radius 1 is 1.44 bits per heavy atom. The molecule has 0 aromatic rings. The van der Waals surface area contributed by atoms with Crippen LogP contribution in [0.4, 0.5) is 4.79 Å². The van der Waals surface area contributed by atoms with Gasteiger partial charge in [0.25, 0.3) is 0 Å². The lowest BCUT2D eigenvalue weighted by Gasteiger charge is -2.32. The number of hydrogen-bond donors (Lipinski definition) is 0. The third kappa shape index (κ3) is 2.89. The quantitative estimate of drug-likeness (QED) is 0.661. The second-order valence-electron chi connectivity index (χ2n) is 4.41. The molecule has 0 aromatic heterocycles. The van der Waals surface area contributed by atoms with Crippen molar-refractivity contribution in [3.63, 3.8) is 0 Å². The summed E-state index contributed by atoms with van der Waals surface area (Å²) in [4.78, 5) is 15.8. The van der Waals surface area contributed by atoms with Crippen LogP contribution < -0.4 is 0 Å². The van der Waals surface area contributed by atoms with E-state index in [2.05, 4.69) is 5.92 Å². The van der Waals surface area contributed by atoms with Crippen LogP contribution in [0.5, 0.6) is 0 Å². The molecule has 88 valence electrons. The summed E-state index contributed by atoms with van der Waals surface area (Å²) in [6.45, 7) is 3.89. The molecule has 2 rings (SSSR count). The summed E-state index contributed by atoms with van der Waals surface area (Å²) < 4.78 is 5.23. The normalized spacial score (nSPS) is 20.3. The van der Waals surface area contributed by atoms with E-state index in [1.54, 1.807) is 4.90 Å². The lowest BCUT2D eigenvalue weighted by molar-refractivity contribution is 0.0440. The van der Waals surface area contributed by atoms with Crippen LogP contribution in [0, 0.1) is 18.3 Å². The van der Waals surface area contributed by atoms with Crippen LogP contribution in [-0.2, 0) is 4.74 Å². The predicted octanol–water partition coefficient (Wildman–Crippen LogP) is 0.784. The van der Waals surface area contributed by atoms with Gasteiger partial charge in [-0.1, -0.05) is 5.92 Å². The molecule has 1 aliphatic heterocycles. The molecule has 16 heavy (non-hydrogen) atoms. The van der Waals surface area contributed by atoms with Gasteiger partial charge in [0.1, 0.15) is 0 Å². The number of rotatable bonds is 3. The van der Waals surface area contributed by atoms with Crippen LogP contribution in [0.25, 0.3) is 0 Å². The molecule has 0 N–H and O–H groups in total. The molecule has 1 saturated heterocycles. The molecule has 0 unspecified atom stereocenters. The minimum absolute atomic E-state index is 0.0770. The molecule has 0 aromatic carbocycles. The minimum Gasteiger partial charge on any atom is -0.378 e. The van der Waals surface area contributed by atoms with E-state index >= 15 is 0 Å². The van der Waals surface area contributed by atoms with Crippen LogP contribution in [0.2, 0.25) is 0 Å². The van der Waals surface area contributed by atoms with Crippen LogP contribution in [0.1, 0.15) is 12.8 Å². The summed E-state index contributed by atoms with van der Waals surface area (Å²) in [5.41, 5.74) is 0. The first-order valence-corrected chi connectivity index (χ1v) is 5.86. The van der Waals surface area contributed by atoms with Gasteiger partial charge in [-0.05, 0) is 18.8 Å². The van der Waals surface area contributed by atoms with Crippen molar-refractivity contribution in [3.8, 4) is 12.3 Å². The maximum Gasteiger partial charge on any atom is 0.320 e. The predicted molar refractivity (Wildman–Crippen MR) is 60.9 cm³/mol. The molecule has 1 heterocycles.